The maximum atomic E-state index is 5.88. The number of hydrogen-bond donors (Lipinski definition) is 0. The molecular formula is C15H25NO. The van der Waals surface area contributed by atoms with Crippen LogP contribution < -0.4 is 0 Å². The summed E-state index contributed by atoms with van der Waals surface area (Å²) in [6.45, 7) is 6.30. The molecular weight excluding hydrogens is 210 g/mol. The molecule has 0 aromatic carbocycles. The Morgan fingerprint density at radius 1 is 1.29 bits per heavy atom. The van der Waals surface area contributed by atoms with Crippen molar-refractivity contribution in [2.45, 2.75) is 51.6 Å². The van der Waals surface area contributed by atoms with Crippen LogP contribution in [0.25, 0.3) is 0 Å². The van der Waals surface area contributed by atoms with Crippen molar-refractivity contribution >= 4 is 6.72 Å². The minimum atomic E-state index is 0.404. The van der Waals surface area contributed by atoms with E-state index in [0.29, 0.717) is 6.10 Å². The van der Waals surface area contributed by atoms with E-state index in [0.717, 1.165) is 18.9 Å². The lowest BCUT2D eigenvalue weighted by Gasteiger charge is -2.29. The highest BCUT2D eigenvalue weighted by Gasteiger charge is 2.22. The van der Waals surface area contributed by atoms with Crippen LogP contribution in [0, 0.1) is 5.92 Å². The summed E-state index contributed by atoms with van der Waals surface area (Å²) in [7, 11) is 0. The molecule has 17 heavy (non-hydrogen) atoms. The van der Waals surface area contributed by atoms with Crippen LogP contribution in [0.1, 0.15) is 45.4 Å². The molecule has 0 amide bonds. The first kappa shape index (κ1) is 14.2. The highest BCUT2D eigenvalue weighted by molar-refractivity contribution is 5.26. The van der Waals surface area contributed by atoms with Gasteiger partial charge in [-0.05, 0) is 44.9 Å². The van der Waals surface area contributed by atoms with Crippen molar-refractivity contribution in [2.24, 2.45) is 10.9 Å². The second-order valence-corrected chi connectivity index (χ2v) is 4.58. The van der Waals surface area contributed by atoms with Crippen molar-refractivity contribution < 1.29 is 4.74 Å². The van der Waals surface area contributed by atoms with Gasteiger partial charge >= 0.3 is 0 Å². The highest BCUT2D eigenvalue weighted by atomic mass is 16.5. The molecule has 0 aromatic heterocycles. The van der Waals surface area contributed by atoms with Gasteiger partial charge in [0.15, 0.2) is 0 Å². The van der Waals surface area contributed by atoms with Gasteiger partial charge in [-0.1, -0.05) is 31.4 Å². The quantitative estimate of drug-likeness (QED) is 0.480. The third-order valence-electron chi connectivity index (χ3n) is 3.36. The largest absolute Gasteiger partial charge is 0.378 e. The normalized spacial score (nSPS) is 20.1. The molecule has 0 spiro atoms. The van der Waals surface area contributed by atoms with Crippen LogP contribution >= 0.6 is 0 Å². The smallest absolute Gasteiger partial charge is 0.0637 e. The minimum Gasteiger partial charge on any atom is -0.378 e. The second kappa shape index (κ2) is 9.17. The summed E-state index contributed by atoms with van der Waals surface area (Å²) in [4.78, 5) is 3.67. The zero-order valence-electron chi connectivity index (χ0n) is 11.0. The van der Waals surface area contributed by atoms with Gasteiger partial charge in [0.25, 0.3) is 0 Å². The van der Waals surface area contributed by atoms with Gasteiger partial charge in [-0.2, -0.15) is 0 Å². The maximum Gasteiger partial charge on any atom is 0.0637 e. The van der Waals surface area contributed by atoms with E-state index in [1.165, 1.54) is 32.1 Å². The fraction of sp³-hybridized carbons (Fsp3) is 0.667. The molecule has 0 saturated heterocycles. The first-order valence-electron chi connectivity index (χ1n) is 6.77. The summed E-state index contributed by atoms with van der Waals surface area (Å²) >= 11 is 0. The zero-order valence-corrected chi connectivity index (χ0v) is 11.0. The van der Waals surface area contributed by atoms with Crippen LogP contribution in [-0.4, -0.2) is 19.4 Å². The molecule has 1 aliphatic carbocycles. The monoisotopic (exact) mass is 235 g/mol. The van der Waals surface area contributed by atoms with Crippen LogP contribution in [0.2, 0.25) is 0 Å². The van der Waals surface area contributed by atoms with Crippen LogP contribution in [0.5, 0.6) is 0 Å². The Morgan fingerprint density at radius 2 is 2.06 bits per heavy atom. The SMILES string of the molecule is C=N/C=C\C=C/CC(OCC)C1CCCCC1. The summed E-state index contributed by atoms with van der Waals surface area (Å²) in [5.74, 6) is 0.759. The molecule has 2 heteroatoms. The lowest BCUT2D eigenvalue weighted by Crippen LogP contribution is -2.25. The number of nitrogens with zero attached hydrogens (tertiary/aromatic N) is 1. The molecule has 0 radical (unpaired) electrons. The molecule has 1 rings (SSSR count). The van der Waals surface area contributed by atoms with Crippen molar-refractivity contribution in [1.82, 2.24) is 0 Å². The van der Waals surface area contributed by atoms with E-state index in [4.69, 9.17) is 4.74 Å². The first-order valence-corrected chi connectivity index (χ1v) is 6.77. The van der Waals surface area contributed by atoms with Crippen LogP contribution in [0.3, 0.4) is 0 Å². The molecule has 1 saturated carbocycles. The molecule has 2 nitrogen and oxygen atoms in total. The Morgan fingerprint density at radius 3 is 2.71 bits per heavy atom. The summed E-state index contributed by atoms with van der Waals surface area (Å²) in [5.41, 5.74) is 0. The second-order valence-electron chi connectivity index (χ2n) is 4.58. The van der Waals surface area contributed by atoms with E-state index in [1.54, 1.807) is 6.20 Å². The third kappa shape index (κ3) is 5.83. The van der Waals surface area contributed by atoms with Gasteiger partial charge in [-0.3, -0.25) is 4.99 Å². The van der Waals surface area contributed by atoms with Gasteiger partial charge in [0.1, 0.15) is 0 Å². The van der Waals surface area contributed by atoms with E-state index in [9.17, 15) is 0 Å². The Balaban J connectivity index is 2.38. The Hall–Kier alpha value is -0.890. The zero-order chi connectivity index (χ0) is 12.3. The first-order chi connectivity index (χ1) is 8.38. The molecule has 1 unspecified atom stereocenters. The van der Waals surface area contributed by atoms with Crippen molar-refractivity contribution in [1.29, 1.82) is 0 Å². The molecule has 0 heterocycles. The number of hydrogen-bond acceptors (Lipinski definition) is 2. The molecule has 0 aromatic rings. The lowest BCUT2D eigenvalue weighted by molar-refractivity contribution is 0.00956. The average molecular weight is 235 g/mol. The molecule has 0 bridgehead atoms. The van der Waals surface area contributed by atoms with E-state index in [-0.39, 0.29) is 0 Å². The molecule has 1 aliphatic rings. The van der Waals surface area contributed by atoms with Crippen LogP contribution in [-0.2, 0) is 4.74 Å². The van der Waals surface area contributed by atoms with Gasteiger partial charge in [0, 0.05) is 12.8 Å². The average Bonchev–Trinajstić information content (AvgIpc) is 2.38. The van der Waals surface area contributed by atoms with E-state index in [1.807, 2.05) is 12.2 Å². The number of ether oxygens (including phenoxy) is 1. The van der Waals surface area contributed by atoms with E-state index < -0.39 is 0 Å². The summed E-state index contributed by atoms with van der Waals surface area (Å²) in [6, 6.07) is 0. The molecule has 96 valence electrons. The Kier molecular flexibility index (Phi) is 7.65. The van der Waals surface area contributed by atoms with Crippen LogP contribution in [0.15, 0.2) is 29.4 Å². The Bertz CT molecular complexity index is 252. The highest BCUT2D eigenvalue weighted by Crippen LogP contribution is 2.29. The van der Waals surface area contributed by atoms with E-state index >= 15 is 0 Å². The number of allylic oxidation sites excluding steroid dienone is 2. The van der Waals surface area contributed by atoms with E-state index in [2.05, 4.69) is 24.7 Å². The molecule has 0 N–H and O–H groups in total. The minimum absolute atomic E-state index is 0.404. The van der Waals surface area contributed by atoms with Crippen molar-refractivity contribution in [3.05, 3.63) is 24.4 Å². The predicted molar refractivity (Wildman–Crippen MR) is 74.4 cm³/mol. The number of rotatable bonds is 7. The van der Waals surface area contributed by atoms with Gasteiger partial charge in [0.05, 0.1) is 6.10 Å². The van der Waals surface area contributed by atoms with Crippen molar-refractivity contribution in [3.63, 3.8) is 0 Å². The van der Waals surface area contributed by atoms with Gasteiger partial charge < -0.3 is 4.74 Å². The van der Waals surface area contributed by atoms with Crippen molar-refractivity contribution in [3.8, 4) is 0 Å². The third-order valence-corrected chi connectivity index (χ3v) is 3.36. The lowest BCUT2D eigenvalue weighted by atomic mass is 9.84. The fourth-order valence-corrected chi connectivity index (χ4v) is 2.52. The summed E-state index contributed by atoms with van der Waals surface area (Å²) in [6.07, 6.45) is 16.1. The fourth-order valence-electron chi connectivity index (χ4n) is 2.52. The predicted octanol–water partition coefficient (Wildman–Crippen LogP) is 4.13. The number of aliphatic imine (C=N–C) groups is 1. The Labute approximate surface area is 105 Å². The van der Waals surface area contributed by atoms with Crippen molar-refractivity contribution in [2.75, 3.05) is 6.61 Å². The summed E-state index contributed by atoms with van der Waals surface area (Å²) < 4.78 is 5.88. The molecule has 0 aliphatic heterocycles. The maximum absolute atomic E-state index is 5.88. The molecule has 1 atom stereocenters. The van der Waals surface area contributed by atoms with Gasteiger partial charge in [-0.25, -0.2) is 0 Å². The topological polar surface area (TPSA) is 21.6 Å². The molecule has 1 fully saturated rings. The van der Waals surface area contributed by atoms with Crippen LogP contribution in [0.4, 0.5) is 0 Å². The standard InChI is InChI=1S/C15H25NO/c1-3-17-15(12-8-5-9-13-16-2)14-10-6-4-7-11-14/h5,8-9,13-15H,2-4,6-7,10-12H2,1H3/b8-5-,13-9-. The van der Waals surface area contributed by atoms with Gasteiger partial charge in [0.2, 0.25) is 0 Å². The summed E-state index contributed by atoms with van der Waals surface area (Å²) in [5, 5.41) is 0. The van der Waals surface area contributed by atoms with Gasteiger partial charge in [-0.15, -0.1) is 0 Å².